The molecule has 44 heavy (non-hydrogen) atoms. The Bertz CT molecular complexity index is 1880. The number of hydrogen-bond acceptors (Lipinski definition) is 8. The second-order valence-electron chi connectivity index (χ2n) is 11.0. The van der Waals surface area contributed by atoms with Crippen LogP contribution in [0.4, 0.5) is 11.4 Å². The summed E-state index contributed by atoms with van der Waals surface area (Å²) < 4.78 is 5.39. The SMILES string of the molecule is Cc1cccc2c(C(=O)OCC(=O)c3ccc([N+](=O)[O-])cc3)cc(-c3ccc(N4C(=O)C5CC=CC(C)C5C4=O)cc3)nc12. The lowest BCUT2D eigenvalue weighted by atomic mass is 9.78. The molecule has 1 fully saturated rings. The number of ether oxygens (including phenoxy) is 1. The van der Waals surface area contributed by atoms with Crippen LogP contribution in [-0.2, 0) is 14.3 Å². The highest BCUT2D eigenvalue weighted by molar-refractivity contribution is 6.22. The molecule has 1 aromatic heterocycles. The number of non-ortho nitro benzene ring substituents is 1. The predicted octanol–water partition coefficient (Wildman–Crippen LogP) is 5.86. The highest BCUT2D eigenvalue weighted by Crippen LogP contribution is 2.41. The van der Waals surface area contributed by atoms with Crippen LogP contribution in [0.3, 0.4) is 0 Å². The van der Waals surface area contributed by atoms with E-state index in [9.17, 15) is 29.3 Å². The maximum atomic E-state index is 13.3. The van der Waals surface area contributed by atoms with Crippen LogP contribution < -0.4 is 4.90 Å². The molecule has 10 heteroatoms. The van der Waals surface area contributed by atoms with Gasteiger partial charge in [0.15, 0.2) is 12.4 Å². The van der Waals surface area contributed by atoms with Gasteiger partial charge in [-0.2, -0.15) is 0 Å². The van der Waals surface area contributed by atoms with Crippen molar-refractivity contribution in [1.82, 2.24) is 4.98 Å². The molecule has 3 aromatic carbocycles. The summed E-state index contributed by atoms with van der Waals surface area (Å²) in [6, 6.07) is 19.0. The van der Waals surface area contributed by atoms with Crippen LogP contribution in [0.25, 0.3) is 22.2 Å². The number of hydrogen-bond donors (Lipinski definition) is 0. The Morgan fingerprint density at radius 2 is 1.75 bits per heavy atom. The van der Waals surface area contributed by atoms with E-state index in [1.165, 1.54) is 29.2 Å². The average Bonchev–Trinajstić information content (AvgIpc) is 3.29. The van der Waals surface area contributed by atoms with Crippen LogP contribution in [0.1, 0.15) is 39.6 Å². The van der Waals surface area contributed by atoms with E-state index in [2.05, 4.69) is 0 Å². The molecule has 0 radical (unpaired) electrons. The third-order valence-electron chi connectivity index (χ3n) is 8.29. The molecule has 0 N–H and O–H groups in total. The second kappa shape index (κ2) is 11.3. The summed E-state index contributed by atoms with van der Waals surface area (Å²) in [6.45, 7) is 3.27. The maximum absolute atomic E-state index is 13.3. The molecule has 2 amide bonds. The lowest BCUT2D eigenvalue weighted by molar-refractivity contribution is -0.384. The van der Waals surface area contributed by atoms with Gasteiger partial charge in [0.25, 0.3) is 5.69 Å². The van der Waals surface area contributed by atoms with Crippen molar-refractivity contribution in [3.8, 4) is 11.3 Å². The minimum absolute atomic E-state index is 0.0119. The number of aryl methyl sites for hydroxylation is 1. The standard InChI is InChI=1S/C34H27N3O7/c1-19-5-3-8-26-30(19)33(40)36(32(26)39)23-13-9-21(10-14-23)28-17-27(25-7-4-6-20(2)31(25)35-28)34(41)44-18-29(38)22-11-15-24(16-12-22)37(42)43/h3-7,9-17,19,26,30H,8,18H2,1-2H3. The van der Waals surface area contributed by atoms with Crippen LogP contribution in [0.15, 0.2) is 84.9 Å². The van der Waals surface area contributed by atoms with E-state index in [-0.39, 0.29) is 46.4 Å². The first-order chi connectivity index (χ1) is 21.1. The van der Waals surface area contributed by atoms with Crippen molar-refractivity contribution < 1.29 is 28.8 Å². The number of para-hydroxylation sites is 1. The fourth-order valence-corrected chi connectivity index (χ4v) is 5.95. The van der Waals surface area contributed by atoms with E-state index in [0.717, 1.165) is 5.56 Å². The number of nitro groups is 1. The third-order valence-corrected chi connectivity index (χ3v) is 8.29. The quantitative estimate of drug-likeness (QED) is 0.0653. The highest BCUT2D eigenvalue weighted by atomic mass is 16.6. The summed E-state index contributed by atoms with van der Waals surface area (Å²) in [5, 5.41) is 11.4. The van der Waals surface area contributed by atoms with Gasteiger partial charge in [-0.15, -0.1) is 0 Å². The fraction of sp³-hybridized carbons (Fsp3) is 0.206. The first kappa shape index (κ1) is 28.6. The number of nitro benzene ring substituents is 1. The van der Waals surface area contributed by atoms with Crippen LogP contribution in [0.5, 0.6) is 0 Å². The summed E-state index contributed by atoms with van der Waals surface area (Å²) in [4.78, 5) is 68.7. The summed E-state index contributed by atoms with van der Waals surface area (Å²) in [5.41, 5.74) is 3.25. The van der Waals surface area contributed by atoms with Gasteiger partial charge in [-0.05, 0) is 55.2 Å². The molecule has 3 atom stereocenters. The van der Waals surface area contributed by atoms with Crippen LogP contribution in [-0.4, -0.2) is 40.1 Å². The van der Waals surface area contributed by atoms with E-state index in [1.54, 1.807) is 42.5 Å². The number of benzene rings is 3. The molecule has 6 rings (SSSR count). The van der Waals surface area contributed by atoms with Gasteiger partial charge in [0.05, 0.1) is 39.2 Å². The first-order valence-corrected chi connectivity index (χ1v) is 14.1. The van der Waals surface area contributed by atoms with Crippen molar-refractivity contribution in [3.05, 3.63) is 112 Å². The molecule has 2 heterocycles. The van der Waals surface area contributed by atoms with Gasteiger partial charge in [-0.25, -0.2) is 9.78 Å². The number of aromatic nitrogens is 1. The Morgan fingerprint density at radius 3 is 2.43 bits per heavy atom. The Balaban J connectivity index is 1.26. The van der Waals surface area contributed by atoms with E-state index in [1.807, 2.05) is 32.1 Å². The minimum Gasteiger partial charge on any atom is -0.454 e. The Morgan fingerprint density at radius 1 is 1.02 bits per heavy atom. The molecule has 1 aliphatic heterocycles. The normalized spacial score (nSPS) is 19.2. The molecule has 3 unspecified atom stereocenters. The smallest absolute Gasteiger partial charge is 0.339 e. The van der Waals surface area contributed by atoms with Crippen LogP contribution in [0, 0.1) is 34.8 Å². The summed E-state index contributed by atoms with van der Waals surface area (Å²) in [7, 11) is 0. The monoisotopic (exact) mass is 589 g/mol. The number of rotatable bonds is 7. The number of nitrogens with zero attached hydrogens (tertiary/aromatic N) is 3. The number of carbonyl (C=O) groups excluding carboxylic acids is 4. The van der Waals surface area contributed by atoms with Crippen molar-refractivity contribution >= 4 is 45.8 Å². The Kier molecular flexibility index (Phi) is 7.34. The highest BCUT2D eigenvalue weighted by Gasteiger charge is 2.50. The predicted molar refractivity (Wildman–Crippen MR) is 162 cm³/mol. The van der Waals surface area contributed by atoms with Crippen LogP contribution in [0.2, 0.25) is 0 Å². The van der Waals surface area contributed by atoms with Gasteiger partial charge >= 0.3 is 5.97 Å². The van der Waals surface area contributed by atoms with Crippen molar-refractivity contribution in [2.24, 2.45) is 17.8 Å². The molecular weight excluding hydrogens is 562 g/mol. The largest absolute Gasteiger partial charge is 0.454 e. The van der Waals surface area contributed by atoms with Gasteiger partial charge < -0.3 is 4.74 Å². The van der Waals surface area contributed by atoms with E-state index < -0.39 is 23.3 Å². The number of amides is 2. The zero-order valence-corrected chi connectivity index (χ0v) is 23.9. The minimum atomic E-state index is -0.727. The summed E-state index contributed by atoms with van der Waals surface area (Å²) in [5.74, 6) is -2.35. The number of carbonyl (C=O) groups is 4. The van der Waals surface area contributed by atoms with E-state index in [0.29, 0.717) is 34.3 Å². The number of Topliss-reactive ketones (excluding diaryl/α,β-unsaturated/α-hetero) is 1. The number of pyridine rings is 1. The van der Waals surface area contributed by atoms with Crippen molar-refractivity contribution in [1.29, 1.82) is 0 Å². The van der Waals surface area contributed by atoms with Gasteiger partial charge in [0.1, 0.15) is 0 Å². The molecular formula is C34H27N3O7. The van der Waals surface area contributed by atoms with Crippen molar-refractivity contribution in [3.63, 3.8) is 0 Å². The second-order valence-corrected chi connectivity index (χ2v) is 11.0. The topological polar surface area (TPSA) is 137 Å². The number of anilines is 1. The van der Waals surface area contributed by atoms with Crippen molar-refractivity contribution in [2.75, 3.05) is 11.5 Å². The zero-order chi connectivity index (χ0) is 31.1. The van der Waals surface area contributed by atoms with E-state index in [4.69, 9.17) is 9.72 Å². The molecule has 0 bridgehead atoms. The molecule has 1 saturated heterocycles. The molecule has 0 spiro atoms. The summed E-state index contributed by atoms with van der Waals surface area (Å²) in [6.07, 6.45) is 4.50. The molecule has 1 aliphatic carbocycles. The Hall–Kier alpha value is -5.51. The number of ketones is 1. The lowest BCUT2D eigenvalue weighted by Gasteiger charge is -2.22. The number of allylic oxidation sites excluding steroid dienone is 2. The molecule has 10 nitrogen and oxygen atoms in total. The third kappa shape index (κ3) is 5.04. The Labute approximate surface area is 252 Å². The molecule has 4 aromatic rings. The first-order valence-electron chi connectivity index (χ1n) is 14.1. The zero-order valence-electron chi connectivity index (χ0n) is 23.9. The lowest BCUT2D eigenvalue weighted by Crippen LogP contribution is -2.31. The average molecular weight is 590 g/mol. The van der Waals surface area contributed by atoms with Gasteiger partial charge in [-0.1, -0.05) is 49.4 Å². The maximum Gasteiger partial charge on any atom is 0.339 e. The molecule has 220 valence electrons. The van der Waals surface area contributed by atoms with Gasteiger partial charge in [-0.3, -0.25) is 29.4 Å². The number of imide groups is 1. The van der Waals surface area contributed by atoms with Gasteiger partial charge in [0, 0.05) is 28.6 Å². The van der Waals surface area contributed by atoms with Crippen LogP contribution >= 0.6 is 0 Å². The fourth-order valence-electron chi connectivity index (χ4n) is 5.95. The van der Waals surface area contributed by atoms with Crippen molar-refractivity contribution in [2.45, 2.75) is 20.3 Å². The summed E-state index contributed by atoms with van der Waals surface area (Å²) >= 11 is 0. The van der Waals surface area contributed by atoms with Gasteiger partial charge in [0.2, 0.25) is 11.8 Å². The molecule has 0 saturated carbocycles. The molecule has 2 aliphatic rings. The number of fused-ring (bicyclic) bond motifs is 2. The number of esters is 1. The van der Waals surface area contributed by atoms with E-state index >= 15 is 0 Å².